The van der Waals surface area contributed by atoms with E-state index in [-0.39, 0.29) is 11.3 Å². The van der Waals surface area contributed by atoms with Crippen LogP contribution < -0.4 is 10.9 Å². The zero-order valence-corrected chi connectivity index (χ0v) is 12.3. The van der Waals surface area contributed by atoms with Crippen LogP contribution in [0.25, 0.3) is 0 Å². The molecule has 0 spiro atoms. The summed E-state index contributed by atoms with van der Waals surface area (Å²) in [7, 11) is 0. The molecule has 0 fully saturated rings. The van der Waals surface area contributed by atoms with E-state index in [2.05, 4.69) is 5.32 Å². The van der Waals surface area contributed by atoms with Crippen molar-refractivity contribution in [3.8, 4) is 0 Å². The van der Waals surface area contributed by atoms with Gasteiger partial charge in [-0.3, -0.25) is 4.79 Å². The third-order valence-corrected chi connectivity index (χ3v) is 3.56. The van der Waals surface area contributed by atoms with E-state index in [1.807, 2.05) is 6.92 Å². The summed E-state index contributed by atoms with van der Waals surface area (Å²) in [6.07, 6.45) is 1.73. The van der Waals surface area contributed by atoms with Crippen LogP contribution in [0.2, 0.25) is 0 Å². The second-order valence-corrected chi connectivity index (χ2v) is 5.31. The van der Waals surface area contributed by atoms with Crippen molar-refractivity contribution in [3.05, 3.63) is 52.3 Å². The van der Waals surface area contributed by atoms with Gasteiger partial charge in [-0.1, -0.05) is 11.8 Å². The first-order chi connectivity index (χ1) is 10.1. The summed E-state index contributed by atoms with van der Waals surface area (Å²) in [5, 5.41) is 3.13. The van der Waals surface area contributed by atoms with Crippen molar-refractivity contribution in [2.24, 2.45) is 0 Å². The molecule has 114 valence electrons. The smallest absolute Gasteiger partial charge is 0.284 e. The lowest BCUT2D eigenvalue weighted by Gasteiger charge is -2.07. The predicted molar refractivity (Wildman–Crippen MR) is 79.7 cm³/mol. The molecule has 0 aliphatic heterocycles. The van der Waals surface area contributed by atoms with E-state index < -0.39 is 5.76 Å². The van der Waals surface area contributed by atoms with Crippen LogP contribution in [0.4, 0.5) is 14.5 Å². The molecule has 1 N–H and O–H groups in total. The highest BCUT2D eigenvalue weighted by Crippen LogP contribution is 2.21. The standard InChI is InChI=1S/C14H16F2N2O2S/c1-2-18-8-10(3-6-13(18)19)17-7-11-4-5-12(20-11)9-21-14(15)16/h3-6,8,14,17H,2,7,9H2,1H3. The van der Waals surface area contributed by atoms with Gasteiger partial charge in [-0.15, -0.1) is 0 Å². The number of aromatic nitrogens is 1. The third kappa shape index (κ3) is 4.63. The van der Waals surface area contributed by atoms with Gasteiger partial charge in [0.1, 0.15) is 11.5 Å². The molecule has 0 bridgehead atoms. The van der Waals surface area contributed by atoms with E-state index in [1.165, 1.54) is 6.07 Å². The van der Waals surface area contributed by atoms with Crippen molar-refractivity contribution >= 4 is 17.4 Å². The van der Waals surface area contributed by atoms with Gasteiger partial charge in [-0.25, -0.2) is 0 Å². The Hall–Kier alpha value is -1.76. The maximum atomic E-state index is 12.1. The molecule has 7 heteroatoms. The summed E-state index contributed by atoms with van der Waals surface area (Å²) in [4.78, 5) is 11.5. The van der Waals surface area contributed by atoms with Crippen LogP contribution in [-0.4, -0.2) is 10.3 Å². The predicted octanol–water partition coefficient (Wildman–Crippen LogP) is 3.53. The molecule has 0 atom stereocenters. The van der Waals surface area contributed by atoms with Gasteiger partial charge < -0.3 is 14.3 Å². The van der Waals surface area contributed by atoms with E-state index in [0.717, 1.165) is 5.69 Å². The first-order valence-electron chi connectivity index (χ1n) is 6.50. The fourth-order valence-electron chi connectivity index (χ4n) is 1.81. The number of rotatable bonds is 7. The Morgan fingerprint density at radius 3 is 2.76 bits per heavy atom. The highest BCUT2D eigenvalue weighted by atomic mass is 32.2. The first-order valence-corrected chi connectivity index (χ1v) is 7.55. The summed E-state index contributed by atoms with van der Waals surface area (Å²) in [5.74, 6) is -1.06. The number of hydrogen-bond acceptors (Lipinski definition) is 4. The summed E-state index contributed by atoms with van der Waals surface area (Å²) in [6.45, 7) is 2.93. The number of alkyl halides is 2. The first kappa shape index (κ1) is 15.6. The van der Waals surface area contributed by atoms with Crippen LogP contribution in [0.5, 0.6) is 0 Å². The summed E-state index contributed by atoms with van der Waals surface area (Å²) in [5.41, 5.74) is 0.753. The molecule has 21 heavy (non-hydrogen) atoms. The highest BCUT2D eigenvalue weighted by Gasteiger charge is 2.07. The average molecular weight is 314 g/mol. The van der Waals surface area contributed by atoms with Gasteiger partial charge >= 0.3 is 0 Å². The van der Waals surface area contributed by atoms with Crippen LogP contribution in [0, 0.1) is 0 Å². The van der Waals surface area contributed by atoms with Crippen molar-refractivity contribution in [2.75, 3.05) is 5.32 Å². The summed E-state index contributed by atoms with van der Waals surface area (Å²) < 4.78 is 31.2. The minimum Gasteiger partial charge on any atom is -0.463 e. The number of pyridine rings is 1. The fraction of sp³-hybridized carbons (Fsp3) is 0.357. The lowest BCUT2D eigenvalue weighted by molar-refractivity contribution is 0.251. The molecule has 0 radical (unpaired) electrons. The van der Waals surface area contributed by atoms with Crippen molar-refractivity contribution in [3.63, 3.8) is 0 Å². The van der Waals surface area contributed by atoms with Crippen LogP contribution in [0.15, 0.2) is 39.7 Å². The minimum absolute atomic E-state index is 0.0487. The van der Waals surface area contributed by atoms with Gasteiger partial charge in [0.05, 0.1) is 18.0 Å². The Labute approximate surface area is 125 Å². The molecule has 2 aromatic rings. The number of thioether (sulfide) groups is 1. The molecule has 0 saturated carbocycles. The van der Waals surface area contributed by atoms with Crippen molar-refractivity contribution in [1.29, 1.82) is 0 Å². The zero-order chi connectivity index (χ0) is 15.2. The van der Waals surface area contributed by atoms with Crippen LogP contribution in [0.3, 0.4) is 0 Å². The number of aryl methyl sites for hydroxylation is 1. The second-order valence-electron chi connectivity index (χ2n) is 4.34. The number of nitrogens with one attached hydrogen (secondary N) is 1. The number of furan rings is 1. The topological polar surface area (TPSA) is 47.2 Å². The Morgan fingerprint density at radius 2 is 2.05 bits per heavy atom. The van der Waals surface area contributed by atoms with Gasteiger partial charge in [0.25, 0.3) is 11.3 Å². The van der Waals surface area contributed by atoms with Crippen molar-refractivity contribution in [2.45, 2.75) is 31.5 Å². The molecule has 0 saturated heterocycles. The third-order valence-electron chi connectivity index (χ3n) is 2.86. The molecule has 0 amide bonds. The van der Waals surface area contributed by atoms with Gasteiger partial charge in [0.15, 0.2) is 0 Å². The van der Waals surface area contributed by atoms with E-state index in [1.54, 1.807) is 29.0 Å². The van der Waals surface area contributed by atoms with Crippen molar-refractivity contribution < 1.29 is 13.2 Å². The molecule has 2 heterocycles. The van der Waals surface area contributed by atoms with Gasteiger partial charge in [0.2, 0.25) is 0 Å². The number of hydrogen-bond donors (Lipinski definition) is 1. The monoisotopic (exact) mass is 314 g/mol. The van der Waals surface area contributed by atoms with E-state index in [9.17, 15) is 13.6 Å². The maximum Gasteiger partial charge on any atom is 0.284 e. The molecule has 0 unspecified atom stereocenters. The molecule has 2 rings (SSSR count). The Morgan fingerprint density at radius 1 is 1.29 bits per heavy atom. The quantitative estimate of drug-likeness (QED) is 0.849. The molecule has 4 nitrogen and oxygen atoms in total. The molecule has 0 aliphatic rings. The number of anilines is 1. The molecule has 2 aromatic heterocycles. The van der Waals surface area contributed by atoms with E-state index in [4.69, 9.17) is 4.42 Å². The van der Waals surface area contributed by atoms with Crippen molar-refractivity contribution in [1.82, 2.24) is 4.57 Å². The molecular weight excluding hydrogens is 298 g/mol. The van der Waals surface area contributed by atoms with E-state index in [0.29, 0.717) is 36.4 Å². The van der Waals surface area contributed by atoms with Crippen LogP contribution in [0.1, 0.15) is 18.4 Å². The molecule has 0 aromatic carbocycles. The maximum absolute atomic E-state index is 12.1. The Kier molecular flexibility index (Phi) is 5.44. The Bertz CT molecular complexity index is 640. The second kappa shape index (κ2) is 7.31. The van der Waals surface area contributed by atoms with Gasteiger partial charge in [-0.05, 0) is 25.1 Å². The normalized spacial score (nSPS) is 11.0. The zero-order valence-electron chi connectivity index (χ0n) is 11.5. The fourth-order valence-corrected chi connectivity index (χ4v) is 2.26. The number of nitrogens with zero attached hydrogens (tertiary/aromatic N) is 1. The minimum atomic E-state index is -2.40. The van der Waals surface area contributed by atoms with Gasteiger partial charge in [0, 0.05) is 18.8 Å². The highest BCUT2D eigenvalue weighted by molar-refractivity contribution is 7.98. The average Bonchev–Trinajstić information content (AvgIpc) is 2.92. The van der Waals surface area contributed by atoms with Gasteiger partial charge in [-0.2, -0.15) is 8.78 Å². The lowest BCUT2D eigenvalue weighted by Crippen LogP contribution is -2.17. The van der Waals surface area contributed by atoms with E-state index >= 15 is 0 Å². The summed E-state index contributed by atoms with van der Waals surface area (Å²) >= 11 is 0.533. The largest absolute Gasteiger partial charge is 0.463 e. The molecular formula is C14H16F2N2O2S. The Balaban J connectivity index is 1.92. The lowest BCUT2D eigenvalue weighted by atomic mass is 10.3. The van der Waals surface area contributed by atoms with Crippen LogP contribution >= 0.6 is 11.8 Å². The summed E-state index contributed by atoms with van der Waals surface area (Å²) in [6, 6.07) is 6.65. The molecule has 0 aliphatic carbocycles. The number of halogens is 2. The SMILES string of the molecule is CCn1cc(NCc2ccc(CSC(F)F)o2)ccc1=O. The van der Waals surface area contributed by atoms with Crippen LogP contribution in [-0.2, 0) is 18.8 Å².